The second-order valence-corrected chi connectivity index (χ2v) is 15.3. The molecule has 2 aromatic carbocycles. The maximum Gasteiger partial charge on any atom is 0.411 e. The average molecular weight is 637 g/mol. The van der Waals surface area contributed by atoms with E-state index in [9.17, 15) is 44.3 Å². The van der Waals surface area contributed by atoms with E-state index in [1.807, 2.05) is 0 Å². The summed E-state index contributed by atoms with van der Waals surface area (Å²) in [7, 11) is -8.13. The molecule has 42 heavy (non-hydrogen) atoms. The van der Waals surface area contributed by atoms with Gasteiger partial charge in [-0.3, -0.25) is 4.31 Å². The number of sulfonamides is 2. The van der Waals surface area contributed by atoms with Crippen molar-refractivity contribution in [2.45, 2.75) is 80.5 Å². The molecule has 1 heterocycles. The Morgan fingerprint density at radius 3 is 2.17 bits per heavy atom. The van der Waals surface area contributed by atoms with Gasteiger partial charge in [-0.2, -0.15) is 13.2 Å². The summed E-state index contributed by atoms with van der Waals surface area (Å²) in [5.41, 5.74) is -4.84. The number of hydrogen-bond acceptors (Lipinski definition) is 7. The molecule has 1 aliphatic heterocycles. The number of nitrogens with one attached hydrogen (secondary N) is 1. The highest BCUT2D eigenvalue weighted by Crippen LogP contribution is 2.44. The number of carboxylic acid groups (broad SMARTS) is 1. The molecule has 1 amide bonds. The molecule has 1 saturated carbocycles. The molecule has 232 valence electrons. The van der Waals surface area contributed by atoms with Crippen molar-refractivity contribution in [3.05, 3.63) is 48.3 Å². The predicted molar refractivity (Wildman–Crippen MR) is 144 cm³/mol. The Morgan fingerprint density at radius 1 is 1.05 bits per heavy atom. The first-order valence-electron chi connectivity index (χ1n) is 12.9. The van der Waals surface area contributed by atoms with E-state index in [2.05, 4.69) is 4.72 Å². The Bertz CT molecular complexity index is 1570. The molecular formula is C26H30F4N3O7S2-. The quantitative estimate of drug-likeness (QED) is 0.416. The number of anilines is 2. The standard InChI is InChI=1S/C26H31F4N3O7S2/c1-24(2,31-41(36,37)19-10-11-19)14-18-15-32(42(38,39)20-8-5-16(27)6-9-20)21-13-17(7-12-22(21)40-18)33(23(34)35)25(3,4)26(28,29)30/h5-9,12-13,18-19,31H,10-11,14-15H2,1-4H3,(H,34,35)/p-1/t18-/m1/s1. The summed E-state index contributed by atoms with van der Waals surface area (Å²) in [4.78, 5) is 11.6. The molecule has 0 bridgehead atoms. The number of benzene rings is 2. The first-order chi connectivity index (χ1) is 19.2. The molecule has 0 radical (unpaired) electrons. The third-order valence-corrected chi connectivity index (χ3v) is 11.1. The van der Waals surface area contributed by atoms with E-state index in [-0.39, 0.29) is 27.7 Å². The van der Waals surface area contributed by atoms with Crippen LogP contribution < -0.4 is 23.8 Å². The summed E-state index contributed by atoms with van der Waals surface area (Å²) in [6, 6.07) is 6.93. The summed E-state index contributed by atoms with van der Waals surface area (Å²) in [6.45, 7) is 4.05. The Morgan fingerprint density at radius 2 is 1.64 bits per heavy atom. The Kier molecular flexibility index (Phi) is 8.00. The van der Waals surface area contributed by atoms with Crippen molar-refractivity contribution >= 4 is 37.5 Å². The van der Waals surface area contributed by atoms with Crippen LogP contribution in [0.15, 0.2) is 47.4 Å². The highest BCUT2D eigenvalue weighted by atomic mass is 32.2. The lowest BCUT2D eigenvalue weighted by Crippen LogP contribution is -2.60. The van der Waals surface area contributed by atoms with Gasteiger partial charge < -0.3 is 19.5 Å². The highest BCUT2D eigenvalue weighted by Gasteiger charge is 2.52. The first-order valence-corrected chi connectivity index (χ1v) is 15.8. The second-order valence-electron chi connectivity index (χ2n) is 11.5. The minimum Gasteiger partial charge on any atom is -0.530 e. The zero-order valence-electron chi connectivity index (χ0n) is 23.1. The third kappa shape index (κ3) is 6.29. The number of carbonyl (C=O) groups is 1. The largest absolute Gasteiger partial charge is 0.530 e. The predicted octanol–water partition coefficient (Wildman–Crippen LogP) is 3.52. The van der Waals surface area contributed by atoms with Crippen LogP contribution in [0.1, 0.15) is 47.0 Å². The summed E-state index contributed by atoms with van der Waals surface area (Å²) in [6.07, 6.45) is -7.10. The van der Waals surface area contributed by atoms with E-state index in [0.29, 0.717) is 26.7 Å². The normalized spacial score (nSPS) is 18.3. The third-order valence-electron chi connectivity index (χ3n) is 7.09. The number of ether oxygens (including phenoxy) is 1. The Hall–Kier alpha value is -3.11. The molecule has 0 spiro atoms. The van der Waals surface area contributed by atoms with Gasteiger partial charge in [-0.1, -0.05) is 0 Å². The van der Waals surface area contributed by atoms with Crippen LogP contribution in [-0.4, -0.2) is 58.1 Å². The number of amides is 1. The molecule has 1 aliphatic carbocycles. The number of carbonyl (C=O) groups excluding carboxylic acids is 1. The van der Waals surface area contributed by atoms with Crippen LogP contribution >= 0.6 is 0 Å². The van der Waals surface area contributed by atoms with Crippen LogP contribution in [0, 0.1) is 5.82 Å². The van der Waals surface area contributed by atoms with Crippen molar-refractivity contribution in [1.82, 2.24) is 4.72 Å². The summed E-state index contributed by atoms with van der Waals surface area (Å²) in [5.74, 6) is -0.815. The number of nitrogens with zero attached hydrogens (tertiary/aromatic N) is 2. The smallest absolute Gasteiger partial charge is 0.411 e. The molecule has 0 aromatic heterocycles. The van der Waals surface area contributed by atoms with E-state index in [1.165, 1.54) is 0 Å². The monoisotopic (exact) mass is 636 g/mol. The number of fused-ring (bicyclic) bond motifs is 1. The molecule has 1 N–H and O–H groups in total. The summed E-state index contributed by atoms with van der Waals surface area (Å²) >= 11 is 0. The minimum absolute atomic E-state index is 0.0120. The lowest BCUT2D eigenvalue weighted by atomic mass is 9.97. The van der Waals surface area contributed by atoms with E-state index in [0.717, 1.165) is 46.8 Å². The molecule has 2 aliphatic rings. The highest BCUT2D eigenvalue weighted by molar-refractivity contribution is 7.92. The summed E-state index contributed by atoms with van der Waals surface area (Å²) < 4.78 is 117. The molecule has 1 fully saturated rings. The molecular weight excluding hydrogens is 606 g/mol. The van der Waals surface area contributed by atoms with Crippen molar-refractivity contribution in [2.24, 2.45) is 0 Å². The van der Waals surface area contributed by atoms with Gasteiger partial charge in [0.15, 0.2) is 0 Å². The maximum absolute atomic E-state index is 13.8. The maximum atomic E-state index is 13.8. The van der Waals surface area contributed by atoms with Crippen LogP contribution in [0.4, 0.5) is 33.7 Å². The van der Waals surface area contributed by atoms with Crippen LogP contribution in [-0.2, 0) is 20.0 Å². The van der Waals surface area contributed by atoms with E-state index in [4.69, 9.17) is 4.74 Å². The van der Waals surface area contributed by atoms with Crippen molar-refractivity contribution in [3.8, 4) is 5.75 Å². The Balaban J connectivity index is 1.78. The van der Waals surface area contributed by atoms with Crippen LogP contribution in [0.5, 0.6) is 5.75 Å². The van der Waals surface area contributed by atoms with Gasteiger partial charge in [0.05, 0.1) is 22.4 Å². The zero-order valence-corrected chi connectivity index (χ0v) is 24.7. The summed E-state index contributed by atoms with van der Waals surface area (Å²) in [5, 5.41) is 11.4. The van der Waals surface area contributed by atoms with Crippen LogP contribution in [0.2, 0.25) is 0 Å². The van der Waals surface area contributed by atoms with Crippen molar-refractivity contribution < 1.29 is 49.0 Å². The number of rotatable bonds is 9. The van der Waals surface area contributed by atoms with Gasteiger partial charge in [0.25, 0.3) is 10.0 Å². The van der Waals surface area contributed by atoms with Gasteiger partial charge in [-0.15, -0.1) is 0 Å². The Labute approximate surface area is 241 Å². The zero-order chi connectivity index (χ0) is 31.5. The number of halogens is 4. The van der Waals surface area contributed by atoms with Crippen molar-refractivity contribution in [2.75, 3.05) is 15.7 Å². The van der Waals surface area contributed by atoms with Crippen LogP contribution in [0.25, 0.3) is 0 Å². The lowest BCUT2D eigenvalue weighted by molar-refractivity contribution is -0.254. The van der Waals surface area contributed by atoms with Gasteiger partial charge in [-0.25, -0.2) is 25.9 Å². The molecule has 2 aromatic rings. The van der Waals surface area contributed by atoms with Gasteiger partial charge in [0.1, 0.15) is 29.3 Å². The van der Waals surface area contributed by atoms with E-state index < -0.39 is 72.8 Å². The van der Waals surface area contributed by atoms with Gasteiger partial charge in [0, 0.05) is 17.6 Å². The SMILES string of the molecule is CC(C)(C[C@@H]1CN(S(=O)(=O)c2ccc(F)cc2)c2cc(N(C(=O)[O-])C(C)(C)C(F)(F)F)ccc2O1)NS(=O)(=O)C1CC1. The fourth-order valence-electron chi connectivity index (χ4n) is 4.75. The molecule has 1 atom stereocenters. The number of alkyl halides is 3. The minimum atomic E-state index is -5.02. The van der Waals surface area contributed by atoms with Gasteiger partial charge >= 0.3 is 6.18 Å². The van der Waals surface area contributed by atoms with Crippen LogP contribution in [0.3, 0.4) is 0 Å². The fourth-order valence-corrected chi connectivity index (χ4v) is 8.02. The number of hydrogen-bond donors (Lipinski definition) is 1. The molecule has 0 unspecified atom stereocenters. The first kappa shape index (κ1) is 31.8. The lowest BCUT2D eigenvalue weighted by Gasteiger charge is -2.43. The average Bonchev–Trinajstić information content (AvgIpc) is 3.68. The van der Waals surface area contributed by atoms with E-state index >= 15 is 0 Å². The second kappa shape index (κ2) is 10.6. The fraction of sp³-hybridized carbons (Fsp3) is 0.500. The molecule has 10 nitrogen and oxygen atoms in total. The topological polar surface area (TPSA) is 136 Å². The van der Waals surface area contributed by atoms with Crippen molar-refractivity contribution in [3.63, 3.8) is 0 Å². The van der Waals surface area contributed by atoms with Crippen molar-refractivity contribution in [1.29, 1.82) is 0 Å². The van der Waals surface area contributed by atoms with Gasteiger partial charge in [-0.05, 0) is 83.0 Å². The van der Waals surface area contributed by atoms with Gasteiger partial charge in [0.2, 0.25) is 10.0 Å². The molecule has 16 heteroatoms. The molecule has 0 saturated heterocycles. The van der Waals surface area contributed by atoms with E-state index in [1.54, 1.807) is 13.8 Å². The molecule has 4 rings (SSSR count).